The molecule has 0 unspecified atom stereocenters. The van der Waals surface area contributed by atoms with Crippen molar-refractivity contribution in [3.8, 4) is 0 Å². The van der Waals surface area contributed by atoms with E-state index in [4.69, 9.17) is 0 Å². The highest BCUT2D eigenvalue weighted by Gasteiger charge is 2.20. The topological polar surface area (TPSA) is 66.5 Å². The number of amides is 1. The number of nitrogens with zero attached hydrogens (tertiary/aromatic N) is 1. The Labute approximate surface area is 159 Å². The number of hydrogen-bond acceptors (Lipinski definition) is 3. The van der Waals surface area contributed by atoms with Gasteiger partial charge in [-0.3, -0.25) is 4.79 Å². The highest BCUT2D eigenvalue weighted by molar-refractivity contribution is 7.89. The fourth-order valence-corrected chi connectivity index (χ4v) is 3.63. The van der Waals surface area contributed by atoms with Crippen LogP contribution in [0.4, 0.5) is 5.69 Å². The predicted octanol–water partition coefficient (Wildman–Crippen LogP) is 3.20. The van der Waals surface area contributed by atoms with Gasteiger partial charge >= 0.3 is 0 Å². The first-order chi connectivity index (χ1) is 13.1. The number of benzene rings is 3. The summed E-state index contributed by atoms with van der Waals surface area (Å²) >= 11 is 0. The number of sulfonamides is 1. The molecule has 0 aliphatic heterocycles. The third-order valence-corrected chi connectivity index (χ3v) is 5.44. The van der Waals surface area contributed by atoms with E-state index in [1.807, 2.05) is 60.7 Å². The highest BCUT2D eigenvalue weighted by atomic mass is 32.2. The fourth-order valence-electron chi connectivity index (χ4n) is 2.63. The van der Waals surface area contributed by atoms with Crippen LogP contribution in [0.5, 0.6) is 0 Å². The highest BCUT2D eigenvalue weighted by Crippen LogP contribution is 2.17. The molecule has 0 saturated carbocycles. The van der Waals surface area contributed by atoms with Crippen LogP contribution in [0, 0.1) is 0 Å². The molecule has 0 aliphatic carbocycles. The molecule has 1 N–H and O–H groups in total. The van der Waals surface area contributed by atoms with Crippen LogP contribution in [0.25, 0.3) is 0 Å². The minimum absolute atomic E-state index is 0.132. The van der Waals surface area contributed by atoms with Crippen molar-refractivity contribution in [3.05, 3.63) is 96.6 Å². The molecule has 0 saturated heterocycles. The van der Waals surface area contributed by atoms with Gasteiger partial charge in [-0.2, -0.15) is 0 Å². The Morgan fingerprint density at radius 1 is 0.778 bits per heavy atom. The Balaban J connectivity index is 1.77. The standard InChI is InChI=1S/C21H20N2O3S/c24-21(16-22-27(25,26)20-14-8-3-9-15-20)23(19-12-6-2-7-13-19)17-18-10-4-1-5-11-18/h1-15,22H,16-17H2. The van der Waals surface area contributed by atoms with Crippen LogP contribution in [0.15, 0.2) is 95.9 Å². The molecule has 6 heteroatoms. The summed E-state index contributed by atoms with van der Waals surface area (Å²) < 4.78 is 27.1. The molecule has 3 aromatic rings. The average Bonchev–Trinajstić information content (AvgIpc) is 2.72. The van der Waals surface area contributed by atoms with E-state index >= 15 is 0 Å². The van der Waals surface area contributed by atoms with Gasteiger partial charge in [-0.05, 0) is 29.8 Å². The normalized spacial score (nSPS) is 11.1. The van der Waals surface area contributed by atoms with Crippen molar-refractivity contribution >= 4 is 21.6 Å². The lowest BCUT2D eigenvalue weighted by Crippen LogP contribution is -2.40. The van der Waals surface area contributed by atoms with Crippen molar-refractivity contribution in [1.29, 1.82) is 0 Å². The SMILES string of the molecule is O=C(CNS(=O)(=O)c1ccccc1)N(Cc1ccccc1)c1ccccc1. The number of carbonyl (C=O) groups excluding carboxylic acids is 1. The fraction of sp³-hybridized carbons (Fsp3) is 0.0952. The lowest BCUT2D eigenvalue weighted by atomic mass is 10.2. The summed E-state index contributed by atoms with van der Waals surface area (Å²) in [4.78, 5) is 14.5. The Bertz CT molecular complexity index is 976. The largest absolute Gasteiger partial charge is 0.307 e. The van der Waals surface area contributed by atoms with Crippen LogP contribution >= 0.6 is 0 Å². The zero-order valence-corrected chi connectivity index (χ0v) is 15.5. The molecule has 138 valence electrons. The van der Waals surface area contributed by atoms with Crippen molar-refractivity contribution in [3.63, 3.8) is 0 Å². The third kappa shape index (κ3) is 5.03. The van der Waals surface area contributed by atoms with Gasteiger partial charge in [0.25, 0.3) is 0 Å². The van der Waals surface area contributed by atoms with Gasteiger partial charge in [-0.1, -0.05) is 66.7 Å². The monoisotopic (exact) mass is 380 g/mol. The van der Waals surface area contributed by atoms with Gasteiger partial charge in [0.1, 0.15) is 0 Å². The van der Waals surface area contributed by atoms with Crippen molar-refractivity contribution < 1.29 is 13.2 Å². The maximum atomic E-state index is 12.8. The molecule has 0 bridgehead atoms. The van der Waals surface area contributed by atoms with Gasteiger partial charge < -0.3 is 4.90 Å². The summed E-state index contributed by atoms with van der Waals surface area (Å²) in [5.74, 6) is -0.329. The van der Waals surface area contributed by atoms with Gasteiger partial charge in [-0.15, -0.1) is 0 Å². The number of anilines is 1. The molecule has 0 aromatic heterocycles. The minimum atomic E-state index is -3.74. The smallest absolute Gasteiger partial charge is 0.242 e. The number of carbonyl (C=O) groups is 1. The first-order valence-electron chi connectivity index (χ1n) is 8.50. The van der Waals surface area contributed by atoms with Gasteiger partial charge in [0.15, 0.2) is 0 Å². The second-order valence-corrected chi connectivity index (χ2v) is 7.71. The van der Waals surface area contributed by atoms with E-state index in [2.05, 4.69) is 4.72 Å². The third-order valence-electron chi connectivity index (χ3n) is 4.02. The summed E-state index contributed by atoms with van der Waals surface area (Å²) in [5, 5.41) is 0. The van der Waals surface area contributed by atoms with E-state index in [1.54, 1.807) is 23.1 Å². The maximum Gasteiger partial charge on any atom is 0.242 e. The number of nitrogens with one attached hydrogen (secondary N) is 1. The van der Waals surface area contributed by atoms with Crippen LogP contribution < -0.4 is 9.62 Å². The van der Waals surface area contributed by atoms with Crippen molar-refractivity contribution in [2.75, 3.05) is 11.4 Å². The first kappa shape index (κ1) is 18.8. The van der Waals surface area contributed by atoms with Crippen molar-refractivity contribution in [2.45, 2.75) is 11.4 Å². The van der Waals surface area contributed by atoms with Gasteiger partial charge in [-0.25, -0.2) is 13.1 Å². The number of rotatable bonds is 7. The molecule has 5 nitrogen and oxygen atoms in total. The van der Waals surface area contributed by atoms with Crippen molar-refractivity contribution in [1.82, 2.24) is 4.72 Å². The Morgan fingerprint density at radius 3 is 1.89 bits per heavy atom. The number of para-hydroxylation sites is 1. The molecule has 3 aromatic carbocycles. The summed E-state index contributed by atoms with van der Waals surface area (Å²) in [6.07, 6.45) is 0. The van der Waals surface area contributed by atoms with Crippen LogP contribution in [0.3, 0.4) is 0 Å². The molecular formula is C21H20N2O3S. The van der Waals surface area contributed by atoms with E-state index < -0.39 is 10.0 Å². The van der Waals surface area contributed by atoms with Crippen LogP contribution in [-0.2, 0) is 21.4 Å². The molecule has 0 aliphatic rings. The molecule has 0 spiro atoms. The Kier molecular flexibility index (Phi) is 6.01. The predicted molar refractivity (Wildman–Crippen MR) is 106 cm³/mol. The van der Waals surface area contributed by atoms with Gasteiger partial charge in [0.2, 0.25) is 15.9 Å². The molecule has 0 heterocycles. The summed E-state index contributed by atoms with van der Waals surface area (Å²) in [5.41, 5.74) is 1.67. The minimum Gasteiger partial charge on any atom is -0.307 e. The molecular weight excluding hydrogens is 360 g/mol. The van der Waals surface area contributed by atoms with Gasteiger partial charge in [0, 0.05) is 5.69 Å². The molecule has 0 atom stereocenters. The van der Waals surface area contributed by atoms with Gasteiger partial charge in [0.05, 0.1) is 18.0 Å². The zero-order chi connectivity index (χ0) is 19.1. The van der Waals surface area contributed by atoms with Crippen LogP contribution in [0.2, 0.25) is 0 Å². The lowest BCUT2D eigenvalue weighted by Gasteiger charge is -2.23. The first-order valence-corrected chi connectivity index (χ1v) is 9.99. The summed E-state index contributed by atoms with van der Waals surface area (Å²) in [7, 11) is -3.74. The molecule has 0 radical (unpaired) electrons. The van der Waals surface area contributed by atoms with E-state index in [9.17, 15) is 13.2 Å². The lowest BCUT2D eigenvalue weighted by molar-refractivity contribution is -0.117. The molecule has 1 amide bonds. The van der Waals surface area contributed by atoms with Crippen LogP contribution in [0.1, 0.15) is 5.56 Å². The summed E-state index contributed by atoms with van der Waals surface area (Å²) in [6, 6.07) is 26.8. The second-order valence-electron chi connectivity index (χ2n) is 5.94. The van der Waals surface area contributed by atoms with E-state index in [-0.39, 0.29) is 17.3 Å². The quantitative estimate of drug-likeness (QED) is 0.684. The second kappa shape index (κ2) is 8.62. The summed E-state index contributed by atoms with van der Waals surface area (Å²) in [6.45, 7) is 0.0374. The van der Waals surface area contributed by atoms with E-state index in [1.165, 1.54) is 12.1 Å². The Morgan fingerprint density at radius 2 is 1.30 bits per heavy atom. The molecule has 0 fully saturated rings. The maximum absolute atomic E-state index is 12.8. The average molecular weight is 380 g/mol. The van der Waals surface area contributed by atoms with E-state index in [0.717, 1.165) is 5.56 Å². The Hall–Kier alpha value is -2.96. The van der Waals surface area contributed by atoms with Crippen molar-refractivity contribution in [2.24, 2.45) is 0 Å². The van der Waals surface area contributed by atoms with E-state index in [0.29, 0.717) is 12.2 Å². The van der Waals surface area contributed by atoms with Crippen LogP contribution in [-0.4, -0.2) is 20.9 Å². The molecule has 27 heavy (non-hydrogen) atoms. The molecule has 3 rings (SSSR count). The number of hydrogen-bond donors (Lipinski definition) is 1. The zero-order valence-electron chi connectivity index (χ0n) is 14.7.